The number of Topliss-reactive ketones (excluding diaryl/α,β-unsaturated/α-hetero) is 1. The molecule has 0 heterocycles. The van der Waals surface area contributed by atoms with Gasteiger partial charge in [0.05, 0.1) is 11.3 Å². The number of carbonyl (C=O) groups excluding carboxylic acids is 3. The second-order valence-corrected chi connectivity index (χ2v) is 3.49. The van der Waals surface area contributed by atoms with E-state index in [1.807, 2.05) is 6.92 Å². The minimum atomic E-state index is -0.339. The summed E-state index contributed by atoms with van der Waals surface area (Å²) in [5, 5.41) is 0. The summed E-state index contributed by atoms with van der Waals surface area (Å²) in [4.78, 5) is 37.4. The Morgan fingerprint density at radius 1 is 1.28 bits per heavy atom. The molecule has 0 aromatic heterocycles. The van der Waals surface area contributed by atoms with E-state index in [0.29, 0.717) is 12.1 Å². The lowest BCUT2D eigenvalue weighted by atomic mass is 10.0. The van der Waals surface area contributed by atoms with E-state index in [-0.39, 0.29) is 23.0 Å². The number of allylic oxidation sites excluding steroid dienone is 4. The first-order valence-electron chi connectivity index (χ1n) is 5.61. The average Bonchev–Trinajstić information content (AvgIpc) is 2.34. The first-order chi connectivity index (χ1) is 8.54. The molecule has 0 aliphatic heterocycles. The number of rotatable bonds is 3. The van der Waals surface area contributed by atoms with Gasteiger partial charge in [0, 0.05) is 6.42 Å². The minimum absolute atomic E-state index is 0.0746. The van der Waals surface area contributed by atoms with Crippen molar-refractivity contribution in [2.24, 2.45) is 4.99 Å². The van der Waals surface area contributed by atoms with Crippen molar-refractivity contribution in [3.8, 4) is 0 Å². The van der Waals surface area contributed by atoms with Crippen molar-refractivity contribution in [2.45, 2.75) is 26.7 Å². The minimum Gasteiger partial charge on any atom is -0.294 e. The van der Waals surface area contributed by atoms with Crippen LogP contribution in [0.1, 0.15) is 26.7 Å². The van der Waals surface area contributed by atoms with Crippen LogP contribution < -0.4 is 0 Å². The molecule has 0 atom stereocenters. The summed E-state index contributed by atoms with van der Waals surface area (Å²) < 4.78 is 0. The van der Waals surface area contributed by atoms with Gasteiger partial charge in [-0.2, -0.15) is 0 Å². The molecule has 4 heteroatoms. The van der Waals surface area contributed by atoms with Crippen molar-refractivity contribution in [3.05, 3.63) is 37.0 Å². The molecule has 18 heavy (non-hydrogen) atoms. The summed E-state index contributed by atoms with van der Waals surface area (Å²) in [6.07, 6.45) is 5.16. The summed E-state index contributed by atoms with van der Waals surface area (Å²) >= 11 is 0. The van der Waals surface area contributed by atoms with E-state index in [2.05, 4.69) is 18.2 Å². The maximum atomic E-state index is 11.3. The van der Waals surface area contributed by atoms with Gasteiger partial charge < -0.3 is 0 Å². The van der Waals surface area contributed by atoms with Crippen molar-refractivity contribution in [1.82, 2.24) is 0 Å². The van der Waals surface area contributed by atoms with Crippen molar-refractivity contribution in [3.63, 3.8) is 0 Å². The van der Waals surface area contributed by atoms with Crippen LogP contribution >= 0.6 is 0 Å². The van der Waals surface area contributed by atoms with Gasteiger partial charge in [0.15, 0.2) is 11.6 Å². The Balaban J connectivity index is 0.00000137. The standard InChI is InChI=1S/C12H13NO3.C2H4/c1-3-4-12(16)13-9-5-6-11(15)10(7-9)8(2)14;1-2/h5-7H,3-4H2,1-2H3;1-2H2. The molecule has 96 valence electrons. The molecule has 0 aromatic carbocycles. The third-order valence-corrected chi connectivity index (χ3v) is 2.06. The molecule has 4 nitrogen and oxygen atoms in total. The molecule has 0 bridgehead atoms. The molecule has 0 aromatic rings. The average molecular weight is 247 g/mol. The monoisotopic (exact) mass is 247 g/mol. The van der Waals surface area contributed by atoms with Crippen LogP contribution in [0.2, 0.25) is 0 Å². The Labute approximate surface area is 107 Å². The summed E-state index contributed by atoms with van der Waals surface area (Å²) in [7, 11) is 0. The van der Waals surface area contributed by atoms with Crippen molar-refractivity contribution in [2.75, 3.05) is 0 Å². The topological polar surface area (TPSA) is 63.6 Å². The molecular formula is C14H17NO3. The van der Waals surface area contributed by atoms with Gasteiger partial charge in [-0.1, -0.05) is 6.92 Å². The van der Waals surface area contributed by atoms with Gasteiger partial charge in [0.2, 0.25) is 5.91 Å². The van der Waals surface area contributed by atoms with E-state index in [1.165, 1.54) is 25.2 Å². The molecule has 0 unspecified atom stereocenters. The molecule has 1 aliphatic rings. The molecule has 0 fully saturated rings. The lowest BCUT2D eigenvalue weighted by molar-refractivity contribution is -0.119. The van der Waals surface area contributed by atoms with Crippen molar-refractivity contribution in [1.29, 1.82) is 0 Å². The molecule has 1 rings (SSSR count). The highest BCUT2D eigenvalue weighted by atomic mass is 16.2. The quantitative estimate of drug-likeness (QED) is 0.436. The zero-order valence-electron chi connectivity index (χ0n) is 10.7. The van der Waals surface area contributed by atoms with Gasteiger partial charge in [-0.3, -0.25) is 14.4 Å². The van der Waals surface area contributed by atoms with Gasteiger partial charge in [-0.05, 0) is 31.6 Å². The Hall–Kier alpha value is -2.10. The Bertz CT molecular complexity index is 442. The lowest BCUT2D eigenvalue weighted by Gasteiger charge is -2.04. The van der Waals surface area contributed by atoms with Crippen LogP contribution in [0.5, 0.6) is 0 Å². The maximum Gasteiger partial charge on any atom is 0.246 e. The smallest absolute Gasteiger partial charge is 0.246 e. The second kappa shape index (κ2) is 8.06. The molecule has 0 saturated carbocycles. The third-order valence-electron chi connectivity index (χ3n) is 2.06. The van der Waals surface area contributed by atoms with E-state index in [1.54, 1.807) is 0 Å². The molecule has 1 aliphatic carbocycles. The largest absolute Gasteiger partial charge is 0.294 e. The molecular weight excluding hydrogens is 230 g/mol. The number of nitrogens with zero attached hydrogens (tertiary/aromatic N) is 1. The summed E-state index contributed by atoms with van der Waals surface area (Å²) in [5.41, 5.74) is 0.439. The van der Waals surface area contributed by atoms with Crippen LogP contribution in [0.15, 0.2) is 42.0 Å². The zero-order chi connectivity index (χ0) is 14.1. The van der Waals surface area contributed by atoms with Crippen LogP contribution in [0.3, 0.4) is 0 Å². The van der Waals surface area contributed by atoms with E-state index in [4.69, 9.17) is 0 Å². The maximum absolute atomic E-state index is 11.3. The summed E-state index contributed by atoms with van der Waals surface area (Å²) in [6, 6.07) is 0. The highest BCUT2D eigenvalue weighted by molar-refractivity contribution is 6.31. The molecule has 0 saturated heterocycles. The van der Waals surface area contributed by atoms with E-state index in [0.717, 1.165) is 6.42 Å². The predicted octanol–water partition coefficient (Wildman–Crippen LogP) is 2.21. The van der Waals surface area contributed by atoms with Gasteiger partial charge >= 0.3 is 0 Å². The van der Waals surface area contributed by atoms with E-state index < -0.39 is 0 Å². The molecule has 0 spiro atoms. The number of hydrogen-bond donors (Lipinski definition) is 0. The van der Waals surface area contributed by atoms with Gasteiger partial charge in [-0.15, -0.1) is 13.2 Å². The predicted molar refractivity (Wildman–Crippen MR) is 71.5 cm³/mol. The van der Waals surface area contributed by atoms with E-state index in [9.17, 15) is 14.4 Å². The highest BCUT2D eigenvalue weighted by Crippen LogP contribution is 2.08. The van der Waals surface area contributed by atoms with Crippen LogP contribution in [0.25, 0.3) is 0 Å². The molecule has 0 N–H and O–H groups in total. The van der Waals surface area contributed by atoms with Gasteiger partial charge in [0.1, 0.15) is 0 Å². The zero-order valence-corrected chi connectivity index (χ0v) is 10.7. The Morgan fingerprint density at radius 2 is 1.89 bits per heavy atom. The first-order valence-corrected chi connectivity index (χ1v) is 5.61. The number of amides is 1. The van der Waals surface area contributed by atoms with E-state index >= 15 is 0 Å². The fraction of sp³-hybridized carbons (Fsp3) is 0.286. The Morgan fingerprint density at radius 3 is 2.39 bits per heavy atom. The summed E-state index contributed by atoms with van der Waals surface area (Å²) in [6.45, 7) is 9.20. The number of ketones is 2. The number of carbonyl (C=O) groups is 3. The van der Waals surface area contributed by atoms with Crippen molar-refractivity contribution < 1.29 is 14.4 Å². The molecule has 0 radical (unpaired) electrons. The fourth-order valence-electron chi connectivity index (χ4n) is 1.28. The normalized spacial score (nSPS) is 15.8. The number of aliphatic imine (C=N–C) groups is 1. The Kier molecular flexibility index (Phi) is 7.12. The van der Waals surface area contributed by atoms with Crippen LogP contribution in [0.4, 0.5) is 0 Å². The van der Waals surface area contributed by atoms with Crippen LogP contribution in [0, 0.1) is 0 Å². The van der Waals surface area contributed by atoms with Crippen LogP contribution in [-0.2, 0) is 14.4 Å². The van der Waals surface area contributed by atoms with Gasteiger partial charge in [-0.25, -0.2) is 4.99 Å². The first kappa shape index (κ1) is 15.9. The van der Waals surface area contributed by atoms with Gasteiger partial charge in [0.25, 0.3) is 0 Å². The fourth-order valence-corrected chi connectivity index (χ4v) is 1.28. The molecule has 1 amide bonds. The highest BCUT2D eigenvalue weighted by Gasteiger charge is 2.16. The summed E-state index contributed by atoms with van der Waals surface area (Å²) in [5.74, 6) is -0.893. The third kappa shape index (κ3) is 4.82. The second-order valence-electron chi connectivity index (χ2n) is 3.49. The lowest BCUT2D eigenvalue weighted by Crippen LogP contribution is -2.14. The SMILES string of the molecule is C=C.CCCC(=O)N=C1C=CC(=O)C(C(C)=O)=C1. The number of hydrogen-bond acceptors (Lipinski definition) is 3. The van der Waals surface area contributed by atoms with Crippen LogP contribution in [-0.4, -0.2) is 23.2 Å². The van der Waals surface area contributed by atoms with Crippen molar-refractivity contribution >= 4 is 23.2 Å².